The van der Waals surface area contributed by atoms with E-state index >= 15 is 0 Å². The SMILES string of the molecule is Cc1cc(C(=O)CCc2ccnn2C)c(C)nn1. The Balaban J connectivity index is 2.08. The molecule has 18 heavy (non-hydrogen) atoms. The lowest BCUT2D eigenvalue weighted by atomic mass is 10.0. The van der Waals surface area contributed by atoms with E-state index in [0.29, 0.717) is 24.1 Å². The fraction of sp³-hybridized carbons (Fsp3) is 0.385. The van der Waals surface area contributed by atoms with Gasteiger partial charge in [-0.3, -0.25) is 9.48 Å². The summed E-state index contributed by atoms with van der Waals surface area (Å²) < 4.78 is 1.79. The lowest BCUT2D eigenvalue weighted by molar-refractivity contribution is 0.0981. The Morgan fingerprint density at radius 3 is 2.78 bits per heavy atom. The van der Waals surface area contributed by atoms with Gasteiger partial charge in [-0.2, -0.15) is 15.3 Å². The minimum atomic E-state index is 0.103. The molecule has 0 saturated heterocycles. The fourth-order valence-electron chi connectivity index (χ4n) is 1.86. The summed E-state index contributed by atoms with van der Waals surface area (Å²) in [6.07, 6.45) is 2.89. The van der Waals surface area contributed by atoms with Crippen molar-refractivity contribution in [2.75, 3.05) is 0 Å². The van der Waals surface area contributed by atoms with Crippen molar-refractivity contribution in [1.29, 1.82) is 0 Å². The van der Waals surface area contributed by atoms with Crippen LogP contribution in [0.15, 0.2) is 18.3 Å². The Morgan fingerprint density at radius 1 is 1.33 bits per heavy atom. The van der Waals surface area contributed by atoms with Crippen LogP contribution in [0.5, 0.6) is 0 Å². The summed E-state index contributed by atoms with van der Waals surface area (Å²) in [4.78, 5) is 12.1. The number of aryl methyl sites for hydroxylation is 4. The molecule has 0 N–H and O–H groups in total. The summed E-state index contributed by atoms with van der Waals surface area (Å²) >= 11 is 0. The third kappa shape index (κ3) is 2.61. The Hall–Kier alpha value is -2.04. The van der Waals surface area contributed by atoms with E-state index in [2.05, 4.69) is 15.3 Å². The topological polar surface area (TPSA) is 60.7 Å². The standard InChI is InChI=1S/C13H16N4O/c1-9-8-12(10(2)16-15-9)13(18)5-4-11-6-7-14-17(11)3/h6-8H,4-5H2,1-3H3. The van der Waals surface area contributed by atoms with Crippen LogP contribution in [0.1, 0.15) is 33.9 Å². The molecule has 0 bridgehead atoms. The maximum atomic E-state index is 12.1. The van der Waals surface area contributed by atoms with Crippen molar-refractivity contribution in [3.05, 3.63) is 41.0 Å². The van der Waals surface area contributed by atoms with Crippen LogP contribution >= 0.6 is 0 Å². The van der Waals surface area contributed by atoms with Gasteiger partial charge in [-0.25, -0.2) is 0 Å². The first kappa shape index (κ1) is 12.4. The zero-order valence-corrected chi connectivity index (χ0v) is 10.8. The Labute approximate surface area is 106 Å². The van der Waals surface area contributed by atoms with E-state index < -0.39 is 0 Å². The maximum Gasteiger partial charge on any atom is 0.165 e. The lowest BCUT2D eigenvalue weighted by Crippen LogP contribution is -2.08. The zero-order valence-electron chi connectivity index (χ0n) is 10.8. The number of nitrogens with zero attached hydrogens (tertiary/aromatic N) is 4. The van der Waals surface area contributed by atoms with Crippen molar-refractivity contribution in [2.45, 2.75) is 26.7 Å². The molecule has 0 spiro atoms. The highest BCUT2D eigenvalue weighted by Crippen LogP contribution is 2.11. The number of carbonyl (C=O) groups excluding carboxylic acids is 1. The first-order chi connectivity index (χ1) is 8.58. The van der Waals surface area contributed by atoms with Gasteiger partial charge >= 0.3 is 0 Å². The van der Waals surface area contributed by atoms with Crippen molar-refractivity contribution in [3.8, 4) is 0 Å². The number of ketones is 1. The van der Waals surface area contributed by atoms with Crippen LogP contribution in [0.4, 0.5) is 0 Å². The average Bonchev–Trinajstić information content (AvgIpc) is 2.75. The summed E-state index contributed by atoms with van der Waals surface area (Å²) in [5.41, 5.74) is 3.18. The minimum absolute atomic E-state index is 0.103. The second-order valence-electron chi connectivity index (χ2n) is 4.35. The molecule has 0 aliphatic rings. The third-order valence-electron chi connectivity index (χ3n) is 2.93. The van der Waals surface area contributed by atoms with Crippen molar-refractivity contribution in [2.24, 2.45) is 7.05 Å². The van der Waals surface area contributed by atoms with Crippen LogP contribution in [0.25, 0.3) is 0 Å². The first-order valence-corrected chi connectivity index (χ1v) is 5.89. The van der Waals surface area contributed by atoms with Gasteiger partial charge in [0.2, 0.25) is 0 Å². The van der Waals surface area contributed by atoms with Gasteiger partial charge in [0.1, 0.15) is 0 Å². The zero-order chi connectivity index (χ0) is 13.1. The van der Waals surface area contributed by atoms with E-state index in [1.807, 2.05) is 27.0 Å². The molecule has 0 saturated carbocycles. The Kier molecular flexibility index (Phi) is 3.50. The summed E-state index contributed by atoms with van der Waals surface area (Å²) in [5, 5.41) is 12.0. The van der Waals surface area contributed by atoms with E-state index in [-0.39, 0.29) is 5.78 Å². The van der Waals surface area contributed by atoms with Gasteiger partial charge < -0.3 is 0 Å². The van der Waals surface area contributed by atoms with Crippen molar-refractivity contribution in [3.63, 3.8) is 0 Å². The van der Waals surface area contributed by atoms with Gasteiger partial charge in [0, 0.05) is 30.9 Å². The minimum Gasteiger partial charge on any atom is -0.294 e. The van der Waals surface area contributed by atoms with E-state index in [9.17, 15) is 4.79 Å². The fourth-order valence-corrected chi connectivity index (χ4v) is 1.86. The smallest absolute Gasteiger partial charge is 0.165 e. The van der Waals surface area contributed by atoms with Crippen molar-refractivity contribution < 1.29 is 4.79 Å². The monoisotopic (exact) mass is 244 g/mol. The summed E-state index contributed by atoms with van der Waals surface area (Å²) in [5.74, 6) is 0.103. The highest BCUT2D eigenvalue weighted by atomic mass is 16.1. The number of carbonyl (C=O) groups is 1. The van der Waals surface area contributed by atoms with Gasteiger partial charge in [-0.1, -0.05) is 0 Å². The molecule has 5 heteroatoms. The molecule has 0 amide bonds. The quantitative estimate of drug-likeness (QED) is 0.767. The molecule has 2 rings (SSSR count). The number of rotatable bonds is 4. The number of hydrogen-bond donors (Lipinski definition) is 0. The van der Waals surface area contributed by atoms with E-state index in [1.54, 1.807) is 16.9 Å². The Bertz CT molecular complexity index is 574. The molecule has 0 radical (unpaired) electrons. The predicted molar refractivity (Wildman–Crippen MR) is 67.4 cm³/mol. The van der Waals surface area contributed by atoms with Crippen LogP contribution < -0.4 is 0 Å². The van der Waals surface area contributed by atoms with Gasteiger partial charge in [0.15, 0.2) is 5.78 Å². The summed E-state index contributed by atoms with van der Waals surface area (Å²) in [7, 11) is 1.88. The van der Waals surface area contributed by atoms with Gasteiger partial charge in [-0.15, -0.1) is 0 Å². The normalized spacial score (nSPS) is 10.6. The molecule has 2 aromatic rings. The maximum absolute atomic E-state index is 12.1. The molecule has 94 valence electrons. The highest BCUT2D eigenvalue weighted by Gasteiger charge is 2.12. The molecule has 0 unspecified atom stereocenters. The molecule has 0 aromatic carbocycles. The van der Waals surface area contributed by atoms with Crippen LogP contribution in [-0.4, -0.2) is 25.8 Å². The number of aromatic nitrogens is 4. The Morgan fingerprint density at radius 2 is 2.11 bits per heavy atom. The van der Waals surface area contributed by atoms with Crippen LogP contribution in [0, 0.1) is 13.8 Å². The number of Topliss-reactive ketones (excluding diaryl/α,β-unsaturated/α-hetero) is 1. The van der Waals surface area contributed by atoms with Crippen LogP contribution in [0.2, 0.25) is 0 Å². The lowest BCUT2D eigenvalue weighted by Gasteiger charge is -2.05. The summed E-state index contributed by atoms with van der Waals surface area (Å²) in [6.45, 7) is 3.65. The molecule has 0 aliphatic carbocycles. The van der Waals surface area contributed by atoms with Crippen LogP contribution in [0.3, 0.4) is 0 Å². The number of hydrogen-bond acceptors (Lipinski definition) is 4. The van der Waals surface area contributed by atoms with E-state index in [0.717, 1.165) is 11.4 Å². The van der Waals surface area contributed by atoms with E-state index in [1.165, 1.54) is 0 Å². The molecule has 0 atom stereocenters. The third-order valence-corrected chi connectivity index (χ3v) is 2.93. The average molecular weight is 244 g/mol. The molecule has 0 aliphatic heterocycles. The largest absolute Gasteiger partial charge is 0.294 e. The van der Waals surface area contributed by atoms with Gasteiger partial charge in [0.25, 0.3) is 0 Å². The van der Waals surface area contributed by atoms with Crippen LogP contribution in [-0.2, 0) is 13.5 Å². The van der Waals surface area contributed by atoms with Crippen molar-refractivity contribution >= 4 is 5.78 Å². The van der Waals surface area contributed by atoms with Gasteiger partial charge in [-0.05, 0) is 32.4 Å². The molecule has 2 heterocycles. The predicted octanol–water partition coefficient (Wildman–Crippen LogP) is 1.64. The second-order valence-corrected chi connectivity index (χ2v) is 4.35. The molecule has 5 nitrogen and oxygen atoms in total. The molecular weight excluding hydrogens is 228 g/mol. The highest BCUT2D eigenvalue weighted by molar-refractivity contribution is 5.97. The molecule has 0 fully saturated rings. The first-order valence-electron chi connectivity index (χ1n) is 5.89. The second kappa shape index (κ2) is 5.08. The van der Waals surface area contributed by atoms with E-state index in [4.69, 9.17) is 0 Å². The summed E-state index contributed by atoms with van der Waals surface area (Å²) in [6, 6.07) is 3.73. The van der Waals surface area contributed by atoms with Crippen molar-refractivity contribution in [1.82, 2.24) is 20.0 Å². The van der Waals surface area contributed by atoms with Gasteiger partial charge in [0.05, 0.1) is 11.4 Å². The molecular formula is C13H16N4O. The molecule has 2 aromatic heterocycles.